The fourth-order valence-corrected chi connectivity index (χ4v) is 8.12. The molecule has 6 nitrogen and oxygen atoms in total. The Morgan fingerprint density at radius 3 is 1.62 bits per heavy atom. The van der Waals surface area contributed by atoms with Crippen LogP contribution in [0.5, 0.6) is 0 Å². The maximum Gasteiger partial charge on any atom is 0.193 e. The highest BCUT2D eigenvalue weighted by Crippen LogP contribution is 2.45. The molecular weight excluding hydrogens is 655 g/mol. The van der Waals surface area contributed by atoms with Crippen LogP contribution in [0.25, 0.3) is 0 Å². The number of hydrogen-bond acceptors (Lipinski definition) is 6. The monoisotopic (exact) mass is 716 g/mol. The zero-order chi connectivity index (χ0) is 30.8. The van der Waals surface area contributed by atoms with Crippen molar-refractivity contribution in [1.29, 1.82) is 0 Å². The minimum Gasteiger partial charge on any atom is -0.408 e. The first-order valence-electron chi connectivity index (χ1n) is 14.6. The van der Waals surface area contributed by atoms with Crippen LogP contribution in [0.4, 0.5) is 0 Å². The summed E-state index contributed by atoms with van der Waals surface area (Å²) in [6.45, 7) is 33.6. The van der Waals surface area contributed by atoms with Crippen molar-refractivity contribution in [2.75, 3.05) is 6.61 Å². The lowest BCUT2D eigenvalue weighted by molar-refractivity contribution is -0.230. The van der Waals surface area contributed by atoms with E-state index in [1.165, 1.54) is 0 Å². The van der Waals surface area contributed by atoms with E-state index in [0.717, 1.165) is 0 Å². The van der Waals surface area contributed by atoms with Gasteiger partial charge >= 0.3 is 0 Å². The number of aliphatic hydroxyl groups excluding tert-OH is 2. The zero-order valence-electron chi connectivity index (χ0n) is 27.6. The molecule has 0 aromatic rings. The number of halogens is 1. The molecule has 0 radical (unpaired) electrons. The van der Waals surface area contributed by atoms with Gasteiger partial charge in [-0.1, -0.05) is 84.9 Å². The lowest BCUT2D eigenvalue weighted by Crippen LogP contribution is -2.67. The van der Waals surface area contributed by atoms with E-state index in [1.54, 1.807) is 0 Å². The van der Waals surface area contributed by atoms with Crippen LogP contribution in [-0.4, -0.2) is 78.4 Å². The largest absolute Gasteiger partial charge is 0.408 e. The summed E-state index contributed by atoms with van der Waals surface area (Å²) in [5.41, 5.74) is 0. The first-order valence-corrected chi connectivity index (χ1v) is 24.5. The van der Waals surface area contributed by atoms with Gasteiger partial charge in [0, 0.05) is 6.61 Å². The topological polar surface area (TPSA) is 77.4 Å². The van der Waals surface area contributed by atoms with Gasteiger partial charge in [0.1, 0.15) is 24.4 Å². The molecular formula is C29H61IO6Si3. The Balaban J connectivity index is 3.81. The van der Waals surface area contributed by atoms with Gasteiger partial charge < -0.3 is 28.2 Å². The molecule has 1 aliphatic heterocycles. The highest BCUT2D eigenvalue weighted by Gasteiger charge is 2.55. The first kappa shape index (κ1) is 37.9. The average Bonchev–Trinajstić information content (AvgIpc) is 2.72. The Labute approximate surface area is 257 Å². The van der Waals surface area contributed by atoms with Crippen LogP contribution in [0.3, 0.4) is 0 Å². The molecule has 2 N–H and O–H groups in total. The van der Waals surface area contributed by atoms with E-state index in [1.807, 2.05) is 4.08 Å². The summed E-state index contributed by atoms with van der Waals surface area (Å²) in [4.78, 5) is 0. The predicted octanol–water partition coefficient (Wildman–Crippen LogP) is 8.01. The quantitative estimate of drug-likeness (QED) is 0.167. The molecule has 39 heavy (non-hydrogen) atoms. The van der Waals surface area contributed by atoms with Crippen molar-refractivity contribution < 1.29 is 28.2 Å². The fraction of sp³-hybridized carbons (Fsp3) is 0.931. The molecule has 10 heteroatoms. The summed E-state index contributed by atoms with van der Waals surface area (Å²) in [7, 11) is -6.79. The van der Waals surface area contributed by atoms with Crippen molar-refractivity contribution in [3.8, 4) is 0 Å². The molecule has 1 fully saturated rings. The molecule has 0 spiro atoms. The van der Waals surface area contributed by atoms with E-state index in [-0.39, 0.29) is 27.8 Å². The maximum atomic E-state index is 11.8. The van der Waals surface area contributed by atoms with E-state index in [2.05, 4.69) is 130 Å². The van der Waals surface area contributed by atoms with Gasteiger partial charge in [-0.25, -0.2) is 0 Å². The van der Waals surface area contributed by atoms with E-state index in [9.17, 15) is 10.2 Å². The summed E-state index contributed by atoms with van der Waals surface area (Å²) in [5, 5.41) is 21.4. The van der Waals surface area contributed by atoms with Gasteiger partial charge in [0.15, 0.2) is 25.0 Å². The van der Waals surface area contributed by atoms with Crippen LogP contribution in [-0.2, 0) is 18.0 Å². The lowest BCUT2D eigenvalue weighted by atomic mass is 9.90. The fourth-order valence-electron chi connectivity index (χ4n) is 3.86. The number of hydrogen-bond donors (Lipinski definition) is 2. The van der Waals surface area contributed by atoms with Crippen LogP contribution >= 0.6 is 22.6 Å². The smallest absolute Gasteiger partial charge is 0.193 e. The Morgan fingerprint density at radius 2 is 1.23 bits per heavy atom. The molecule has 4 unspecified atom stereocenters. The third-order valence-electron chi connectivity index (χ3n) is 9.64. The van der Waals surface area contributed by atoms with E-state index >= 15 is 0 Å². The van der Waals surface area contributed by atoms with Crippen LogP contribution in [0.15, 0.2) is 10.2 Å². The first-order chi connectivity index (χ1) is 17.3. The molecule has 6 atom stereocenters. The molecule has 0 amide bonds. The molecule has 0 aromatic heterocycles. The second kappa shape index (κ2) is 13.7. The van der Waals surface area contributed by atoms with E-state index in [4.69, 9.17) is 18.0 Å². The molecule has 0 bridgehead atoms. The van der Waals surface area contributed by atoms with E-state index in [0.29, 0.717) is 12.8 Å². The minimum absolute atomic E-state index is 0.0155. The summed E-state index contributed by atoms with van der Waals surface area (Å²) < 4.78 is 30.1. The van der Waals surface area contributed by atoms with Gasteiger partial charge in [-0.05, 0) is 77.4 Å². The van der Waals surface area contributed by atoms with Crippen LogP contribution < -0.4 is 0 Å². The van der Waals surface area contributed by atoms with Crippen molar-refractivity contribution in [2.45, 2.75) is 166 Å². The normalized spacial score (nSPS) is 27.3. The average molecular weight is 717 g/mol. The Morgan fingerprint density at radius 1 is 0.795 bits per heavy atom. The van der Waals surface area contributed by atoms with Gasteiger partial charge in [0.25, 0.3) is 0 Å². The summed E-state index contributed by atoms with van der Waals surface area (Å²) in [6, 6.07) is 0. The van der Waals surface area contributed by atoms with Gasteiger partial charge in [-0.2, -0.15) is 0 Å². The van der Waals surface area contributed by atoms with Crippen LogP contribution in [0, 0.1) is 0 Å². The third-order valence-corrected chi connectivity index (χ3v) is 23.5. The molecule has 0 saturated carbocycles. The second-order valence-electron chi connectivity index (χ2n) is 15.8. The van der Waals surface area contributed by atoms with Gasteiger partial charge in [0.05, 0.1) is 12.2 Å². The third kappa shape index (κ3) is 9.69. The Hall–Kier alpha value is 0.881. The van der Waals surface area contributed by atoms with Crippen molar-refractivity contribution in [2.24, 2.45) is 0 Å². The molecule has 1 heterocycles. The Bertz CT molecular complexity index is 798. The Kier molecular flexibility index (Phi) is 13.3. The van der Waals surface area contributed by atoms with Crippen LogP contribution in [0.2, 0.25) is 54.4 Å². The minimum atomic E-state index is -2.30. The van der Waals surface area contributed by atoms with Gasteiger partial charge in [-0.15, -0.1) is 0 Å². The highest BCUT2D eigenvalue weighted by molar-refractivity contribution is 14.1. The number of rotatable bonds is 11. The summed E-state index contributed by atoms with van der Waals surface area (Å²) in [5.74, 6) is 0. The van der Waals surface area contributed by atoms with E-state index < -0.39 is 55.5 Å². The van der Waals surface area contributed by atoms with Crippen molar-refractivity contribution in [3.05, 3.63) is 10.2 Å². The second-order valence-corrected chi connectivity index (χ2v) is 30.8. The SMILES string of the molecule is CC(C)(C)[Si](C)(C)OC1C(O[Si](C)(C)C(C)(C)C)[C@H](C(/C=C/I)O[Si](C)(C)C(C)(C)C)OC(CCCO)[C@@H]1O. The molecule has 0 aromatic carbocycles. The summed E-state index contributed by atoms with van der Waals surface area (Å²) >= 11 is 2.25. The standard InChI is InChI=1S/C29H61IO6Si3/c1-27(2,3)37(10,11)34-22(18-19-30)24-26(36-39(14,15)29(7,8)9)25(35-38(12,13)28(4,5)6)23(32)21(33-24)17-16-20-31/h18-19,21-26,31-32H,16-17,20H2,1-15H3/b19-18+/t21?,22?,23-,24-,25?,26?/m0/s1. The number of ether oxygens (including phenoxy) is 1. The van der Waals surface area contributed by atoms with Crippen molar-refractivity contribution in [3.63, 3.8) is 0 Å². The molecule has 1 aliphatic rings. The predicted molar refractivity (Wildman–Crippen MR) is 180 cm³/mol. The summed E-state index contributed by atoms with van der Waals surface area (Å²) in [6.07, 6.45) is -0.0492. The van der Waals surface area contributed by atoms with Gasteiger partial charge in [0.2, 0.25) is 0 Å². The van der Waals surface area contributed by atoms with Crippen LogP contribution in [0.1, 0.15) is 75.2 Å². The molecule has 0 aliphatic carbocycles. The van der Waals surface area contributed by atoms with Gasteiger partial charge in [-0.3, -0.25) is 0 Å². The molecule has 1 saturated heterocycles. The highest BCUT2D eigenvalue weighted by atomic mass is 127. The molecule has 232 valence electrons. The van der Waals surface area contributed by atoms with Crippen molar-refractivity contribution in [1.82, 2.24) is 0 Å². The number of aliphatic hydroxyl groups is 2. The zero-order valence-corrected chi connectivity index (χ0v) is 32.8. The lowest BCUT2D eigenvalue weighted by Gasteiger charge is -2.54. The molecule has 1 rings (SSSR count). The van der Waals surface area contributed by atoms with Crippen molar-refractivity contribution >= 4 is 47.5 Å². The maximum absolute atomic E-state index is 11.8.